The van der Waals surface area contributed by atoms with Crippen molar-refractivity contribution in [2.75, 3.05) is 67.4 Å². The fraction of sp³-hybridized carbons (Fsp3) is 0.630. The third-order valence-corrected chi connectivity index (χ3v) is 5.61. The molecule has 1 aliphatic heterocycles. The van der Waals surface area contributed by atoms with Gasteiger partial charge < -0.3 is 24.4 Å². The first-order valence-corrected chi connectivity index (χ1v) is 12.6. The van der Waals surface area contributed by atoms with Crippen molar-refractivity contribution in [3.05, 3.63) is 47.5 Å². The molecule has 2 N–H and O–H groups in total. The summed E-state index contributed by atoms with van der Waals surface area (Å²) < 4.78 is 31.0. The summed E-state index contributed by atoms with van der Waals surface area (Å²) in [5.74, 6) is 0.339. The van der Waals surface area contributed by atoms with Crippen molar-refractivity contribution >= 4 is 12.2 Å². The van der Waals surface area contributed by atoms with Gasteiger partial charge >= 0.3 is 0 Å². The Morgan fingerprint density at radius 2 is 2.03 bits per heavy atom. The fourth-order valence-electron chi connectivity index (χ4n) is 3.63. The Kier molecular flexibility index (Phi) is 17.4. The van der Waals surface area contributed by atoms with Crippen molar-refractivity contribution in [3.8, 4) is 0 Å². The molecule has 0 aromatic carbocycles. The van der Waals surface area contributed by atoms with Crippen LogP contribution in [-0.2, 0) is 14.2 Å². The molecule has 8 nitrogen and oxygen atoms in total. The average molecular weight is 508 g/mol. The molecule has 0 spiro atoms. The maximum absolute atomic E-state index is 14.9. The summed E-state index contributed by atoms with van der Waals surface area (Å²) >= 11 is 0. The van der Waals surface area contributed by atoms with Gasteiger partial charge in [-0.3, -0.25) is 10.3 Å². The number of nitrogens with one attached hydrogen (secondary N) is 2. The third-order valence-electron chi connectivity index (χ3n) is 5.61. The highest BCUT2D eigenvalue weighted by molar-refractivity contribution is 5.87. The Balaban J connectivity index is 2.58. The van der Waals surface area contributed by atoms with Gasteiger partial charge in [0.05, 0.1) is 26.6 Å². The van der Waals surface area contributed by atoms with Gasteiger partial charge in [-0.1, -0.05) is 18.7 Å². The molecule has 0 aromatic rings. The Hall–Kier alpha value is -2.33. The second-order valence-electron chi connectivity index (χ2n) is 8.51. The monoisotopic (exact) mass is 507 g/mol. The van der Waals surface area contributed by atoms with E-state index in [9.17, 15) is 4.39 Å². The molecule has 1 unspecified atom stereocenters. The van der Waals surface area contributed by atoms with Crippen LogP contribution < -0.4 is 10.6 Å². The number of methoxy groups -OCH3 is 1. The van der Waals surface area contributed by atoms with Crippen molar-refractivity contribution in [2.45, 2.75) is 45.6 Å². The molecule has 1 fully saturated rings. The minimum absolute atomic E-state index is 0.247. The SMILES string of the molecule is C=C/C=C(\CCNC(=NC)/N=C\CCCC(/C=C(\C)COCNC)=C(\F)C(C)OC)N1CCOCC1. The van der Waals surface area contributed by atoms with Crippen LogP contribution in [0.3, 0.4) is 0 Å². The van der Waals surface area contributed by atoms with Crippen LogP contribution in [0.1, 0.15) is 39.5 Å². The van der Waals surface area contributed by atoms with Gasteiger partial charge in [0.15, 0.2) is 0 Å². The fourth-order valence-corrected chi connectivity index (χ4v) is 3.63. The van der Waals surface area contributed by atoms with E-state index in [0.29, 0.717) is 44.3 Å². The molecular formula is C27H46FN5O3. The van der Waals surface area contributed by atoms with Crippen LogP contribution in [-0.4, -0.2) is 90.6 Å². The van der Waals surface area contributed by atoms with E-state index in [1.54, 1.807) is 14.0 Å². The van der Waals surface area contributed by atoms with Crippen LogP contribution in [0, 0.1) is 0 Å². The molecule has 0 saturated carbocycles. The van der Waals surface area contributed by atoms with Crippen LogP contribution in [0.25, 0.3) is 0 Å². The zero-order chi connectivity index (χ0) is 26.6. The summed E-state index contributed by atoms with van der Waals surface area (Å²) in [6, 6.07) is 0. The molecule has 204 valence electrons. The Bertz CT molecular complexity index is 786. The van der Waals surface area contributed by atoms with E-state index in [4.69, 9.17) is 14.2 Å². The lowest BCUT2D eigenvalue weighted by Crippen LogP contribution is -2.36. The molecule has 36 heavy (non-hydrogen) atoms. The van der Waals surface area contributed by atoms with Crippen LogP contribution in [0.2, 0.25) is 0 Å². The smallest absolute Gasteiger partial charge is 0.217 e. The first-order valence-electron chi connectivity index (χ1n) is 12.6. The minimum Gasteiger partial charge on any atom is -0.378 e. The van der Waals surface area contributed by atoms with E-state index in [-0.39, 0.29) is 5.83 Å². The molecule has 1 heterocycles. The highest BCUT2D eigenvalue weighted by atomic mass is 19.1. The molecule has 1 atom stereocenters. The number of halogens is 1. The van der Waals surface area contributed by atoms with Gasteiger partial charge in [-0.05, 0) is 57.4 Å². The predicted molar refractivity (Wildman–Crippen MR) is 147 cm³/mol. The number of rotatable bonds is 16. The van der Waals surface area contributed by atoms with Gasteiger partial charge in [-0.15, -0.1) is 0 Å². The van der Waals surface area contributed by atoms with Crippen LogP contribution in [0.4, 0.5) is 4.39 Å². The number of unbranched alkanes of at least 4 members (excludes halogenated alkanes) is 1. The molecule has 9 heteroatoms. The molecule has 0 bridgehead atoms. The van der Waals surface area contributed by atoms with Crippen molar-refractivity contribution in [1.29, 1.82) is 0 Å². The zero-order valence-electron chi connectivity index (χ0n) is 22.8. The van der Waals surface area contributed by atoms with Crippen LogP contribution in [0.15, 0.2) is 57.5 Å². The Labute approximate surface area is 217 Å². The summed E-state index contributed by atoms with van der Waals surface area (Å²) in [7, 11) is 5.05. The predicted octanol–water partition coefficient (Wildman–Crippen LogP) is 3.99. The van der Waals surface area contributed by atoms with Gasteiger partial charge in [0.1, 0.15) is 11.9 Å². The summed E-state index contributed by atoms with van der Waals surface area (Å²) in [6.45, 7) is 12.4. The summed E-state index contributed by atoms with van der Waals surface area (Å²) in [5.41, 5.74) is 2.82. The normalized spacial score (nSPS) is 17.4. The van der Waals surface area contributed by atoms with Crippen molar-refractivity contribution < 1.29 is 18.6 Å². The van der Waals surface area contributed by atoms with Crippen molar-refractivity contribution in [2.24, 2.45) is 9.98 Å². The molecular weight excluding hydrogens is 461 g/mol. The second kappa shape index (κ2) is 19.8. The number of ether oxygens (including phenoxy) is 3. The minimum atomic E-state index is -0.587. The highest BCUT2D eigenvalue weighted by Crippen LogP contribution is 2.21. The average Bonchev–Trinajstić information content (AvgIpc) is 2.90. The number of hydrogen-bond acceptors (Lipinski definition) is 6. The quantitative estimate of drug-likeness (QED) is 0.108. The number of morpholine rings is 1. The standard InChI is InChI=1S/C27H46FN5O3/c1-7-10-25(33-15-17-35-18-16-33)12-14-32-27(30-5)31-13-9-8-11-24(26(28)23(3)34-6)19-22(2)20-36-21-29-4/h7,10,13,19,23,29H,1,8-9,11-12,14-18,20-21H2,2-6H3,(H,30,32)/b22-19+,25-10+,26-24+,31-13-. The van der Waals surface area contributed by atoms with Gasteiger partial charge in [0, 0.05) is 52.1 Å². The summed E-state index contributed by atoms with van der Waals surface area (Å²) in [5, 5.41) is 6.22. The van der Waals surface area contributed by atoms with Crippen molar-refractivity contribution in [1.82, 2.24) is 15.5 Å². The van der Waals surface area contributed by atoms with E-state index >= 15 is 0 Å². The van der Waals surface area contributed by atoms with Crippen LogP contribution in [0.5, 0.6) is 0 Å². The van der Waals surface area contributed by atoms with E-state index < -0.39 is 6.10 Å². The largest absolute Gasteiger partial charge is 0.378 e. The molecule has 1 rings (SSSR count). The third kappa shape index (κ3) is 13.1. The van der Waals surface area contributed by atoms with E-state index in [2.05, 4.69) is 38.2 Å². The first kappa shape index (κ1) is 31.7. The number of aliphatic imine (C=N–C) groups is 2. The van der Waals surface area contributed by atoms with Gasteiger partial charge in [0.2, 0.25) is 5.96 Å². The van der Waals surface area contributed by atoms with E-state index in [1.165, 1.54) is 12.8 Å². The second-order valence-corrected chi connectivity index (χ2v) is 8.51. The van der Waals surface area contributed by atoms with Gasteiger partial charge in [-0.25, -0.2) is 9.38 Å². The Morgan fingerprint density at radius 1 is 1.28 bits per heavy atom. The molecule has 0 aromatic heterocycles. The maximum Gasteiger partial charge on any atom is 0.217 e. The molecule has 1 saturated heterocycles. The number of guanidine groups is 1. The lowest BCUT2D eigenvalue weighted by molar-refractivity contribution is 0.0522. The molecule has 0 aliphatic carbocycles. The number of nitrogens with zero attached hydrogens (tertiary/aromatic N) is 3. The zero-order valence-corrected chi connectivity index (χ0v) is 22.8. The number of allylic oxidation sites excluding steroid dienone is 4. The van der Waals surface area contributed by atoms with E-state index in [1.807, 2.05) is 32.3 Å². The maximum atomic E-state index is 14.9. The molecule has 0 amide bonds. The number of hydrogen-bond donors (Lipinski definition) is 2. The molecule has 0 radical (unpaired) electrons. The van der Waals surface area contributed by atoms with E-state index in [0.717, 1.165) is 44.7 Å². The van der Waals surface area contributed by atoms with Gasteiger partial charge in [-0.2, -0.15) is 0 Å². The first-order chi connectivity index (χ1) is 17.5. The van der Waals surface area contributed by atoms with Crippen LogP contribution >= 0.6 is 0 Å². The van der Waals surface area contributed by atoms with Crippen molar-refractivity contribution in [3.63, 3.8) is 0 Å². The van der Waals surface area contributed by atoms with Gasteiger partial charge in [0.25, 0.3) is 0 Å². The lowest BCUT2D eigenvalue weighted by Gasteiger charge is -2.31. The molecule has 1 aliphatic rings. The Morgan fingerprint density at radius 3 is 2.67 bits per heavy atom. The highest BCUT2D eigenvalue weighted by Gasteiger charge is 2.14. The lowest BCUT2D eigenvalue weighted by atomic mass is 10.0. The summed E-state index contributed by atoms with van der Waals surface area (Å²) in [4.78, 5) is 11.0. The summed E-state index contributed by atoms with van der Waals surface area (Å²) in [6.07, 6.45) is 9.86. The topological polar surface area (TPSA) is 79.7 Å².